The van der Waals surface area contributed by atoms with E-state index in [4.69, 9.17) is 58.1 Å². The van der Waals surface area contributed by atoms with E-state index in [0.717, 1.165) is 36.9 Å². The molecule has 0 aromatic carbocycles. The number of ether oxygens (including phenoxy) is 4. The van der Waals surface area contributed by atoms with Gasteiger partial charge in [-0.25, -0.2) is 37.4 Å². The predicted molar refractivity (Wildman–Crippen MR) is 280 cm³/mol. The first-order valence-electron chi connectivity index (χ1n) is 24.5. The number of nitrogens with one attached hydrogen (secondary N) is 4. The number of phosphoric acid groups is 4. The molecule has 4 aromatic heterocycles. The second-order valence-electron chi connectivity index (χ2n) is 19.2. The van der Waals surface area contributed by atoms with E-state index in [1.807, 2.05) is 9.97 Å². The van der Waals surface area contributed by atoms with Crippen LogP contribution >= 0.6 is 31.3 Å². The molecule has 0 aliphatic carbocycles. The molecule has 20 N–H and O–H groups in total. The molecule has 8 heterocycles. The van der Waals surface area contributed by atoms with E-state index in [1.54, 1.807) is 0 Å². The van der Waals surface area contributed by atoms with Gasteiger partial charge in [0, 0.05) is 53.0 Å². The molecule has 0 radical (unpaired) electrons. The van der Waals surface area contributed by atoms with Gasteiger partial charge in [-0.3, -0.25) is 56.4 Å². The molecule has 0 amide bonds. The summed E-state index contributed by atoms with van der Waals surface area (Å²) in [5, 5.41) is 79.0. The Bertz CT molecular complexity index is 3750. The van der Waals surface area contributed by atoms with Crippen LogP contribution in [0.25, 0.3) is 0 Å². The highest BCUT2D eigenvalue weighted by molar-refractivity contribution is 7.47. The van der Waals surface area contributed by atoms with Crippen molar-refractivity contribution in [3.63, 3.8) is 0 Å². The summed E-state index contributed by atoms with van der Waals surface area (Å²) in [6, 6.07) is 0. The molecule has 0 saturated carbocycles. The first kappa shape index (κ1) is 73.4. The van der Waals surface area contributed by atoms with Gasteiger partial charge in [0.15, 0.2) is 0 Å². The average molecular weight is 1350 g/mol. The smallest absolute Gasteiger partial charge is 0.387 e. The Labute approximate surface area is 486 Å². The van der Waals surface area contributed by atoms with Crippen molar-refractivity contribution in [2.45, 2.75) is 97.7 Å². The van der Waals surface area contributed by atoms with Crippen molar-refractivity contribution in [1.29, 1.82) is 0 Å². The summed E-state index contributed by atoms with van der Waals surface area (Å²) in [6.45, 7) is -2.71. The molecule has 88 heavy (non-hydrogen) atoms. The number of rotatable bonds is 16. The van der Waals surface area contributed by atoms with Gasteiger partial charge < -0.3 is 118 Å². The van der Waals surface area contributed by atoms with Gasteiger partial charge in [-0.1, -0.05) is 0 Å². The summed E-state index contributed by atoms with van der Waals surface area (Å²) < 4.78 is 84.1. The monoisotopic (exact) mass is 1350 g/mol. The van der Waals surface area contributed by atoms with Gasteiger partial charge in [0.25, 0.3) is 22.2 Å². The van der Waals surface area contributed by atoms with Crippen molar-refractivity contribution in [2.75, 3.05) is 26.4 Å². The summed E-state index contributed by atoms with van der Waals surface area (Å²) in [4.78, 5) is 170. The molecule has 496 valence electrons. The van der Waals surface area contributed by atoms with E-state index in [0.29, 0.717) is 0 Å². The first-order valence-corrected chi connectivity index (χ1v) is 30.6. The lowest BCUT2D eigenvalue weighted by Gasteiger charge is -2.16. The fraction of sp³-hybridized carbons (Fsp3) is 0.600. The highest BCUT2D eigenvalue weighted by Crippen LogP contribution is 2.42. The van der Waals surface area contributed by atoms with Crippen LogP contribution in [0.4, 0.5) is 0 Å². The molecule has 4 aliphatic rings. The third kappa shape index (κ3) is 18.9. The Balaban J connectivity index is 0.000000214. The van der Waals surface area contributed by atoms with Gasteiger partial charge in [0.1, 0.15) is 97.7 Å². The Morgan fingerprint density at radius 1 is 0.409 bits per heavy atom. The van der Waals surface area contributed by atoms with E-state index in [-0.39, 0.29) is 22.3 Å². The zero-order chi connectivity index (χ0) is 66.6. The van der Waals surface area contributed by atoms with Gasteiger partial charge in [0.05, 0.1) is 48.7 Å². The average Bonchev–Trinajstić information content (AvgIpc) is 1.88. The zero-order valence-corrected chi connectivity index (χ0v) is 48.9. The van der Waals surface area contributed by atoms with Crippen LogP contribution in [0.2, 0.25) is 0 Å². The van der Waals surface area contributed by atoms with Crippen molar-refractivity contribution in [3.8, 4) is 0 Å². The number of phosphoric ester groups is 4. The first-order chi connectivity index (χ1) is 40.4. The quantitative estimate of drug-likeness (QED) is 0.0463. The molecule has 0 bridgehead atoms. The lowest BCUT2D eigenvalue weighted by atomic mass is 10.0. The van der Waals surface area contributed by atoms with E-state index in [2.05, 4.69) is 28.1 Å². The van der Waals surface area contributed by atoms with Crippen molar-refractivity contribution in [3.05, 3.63) is 130 Å². The molecule has 48 heteroatoms. The number of nitrogens with zero attached hydrogens (tertiary/aromatic N) is 4. The van der Waals surface area contributed by atoms with Crippen LogP contribution in [0.5, 0.6) is 0 Å². The minimum absolute atomic E-state index is 0.0696. The summed E-state index contributed by atoms with van der Waals surface area (Å²) in [7, 11) is -13.8. The van der Waals surface area contributed by atoms with E-state index in [9.17, 15) is 97.5 Å². The lowest BCUT2D eigenvalue weighted by Crippen LogP contribution is -2.40. The van der Waals surface area contributed by atoms with Crippen LogP contribution in [-0.4, -0.2) is 218 Å². The molecule has 4 saturated heterocycles. The van der Waals surface area contributed by atoms with Crippen LogP contribution in [0.15, 0.2) is 63.1 Å². The number of aromatic amines is 4. The van der Waals surface area contributed by atoms with E-state index in [1.165, 1.54) is 34.4 Å². The number of aliphatic hydroxyl groups is 8. The molecule has 8 unspecified atom stereocenters. The number of hydrogen-bond donors (Lipinski definition) is 20. The van der Waals surface area contributed by atoms with Gasteiger partial charge in [0.2, 0.25) is 0 Å². The van der Waals surface area contributed by atoms with Crippen LogP contribution in [0, 0.1) is 0 Å². The minimum Gasteiger partial charge on any atom is -0.387 e. The van der Waals surface area contributed by atoms with E-state index >= 15 is 0 Å². The summed E-state index contributed by atoms with van der Waals surface area (Å²) in [6.07, 6.45) is -17.8. The lowest BCUT2D eigenvalue weighted by molar-refractivity contribution is -0.0230. The molecule has 4 aliphatic heterocycles. The number of H-pyrrole nitrogens is 4. The number of aromatic nitrogens is 8. The van der Waals surface area contributed by atoms with Crippen molar-refractivity contribution < 1.29 is 135 Å². The van der Waals surface area contributed by atoms with Gasteiger partial charge in [-0.15, -0.1) is 0 Å². The maximum Gasteiger partial charge on any atom is 0.469 e. The molecular formula is C40H60N8O36P4. The second-order valence-corrected chi connectivity index (χ2v) is 24.1. The fourth-order valence-corrected chi connectivity index (χ4v) is 9.86. The standard InChI is InChI=1S/C11H17N2O9P.2C10H15N2O9P.C9H13N2O9P/c1-12-3-5(10(16)13(2)11(12)17)9-8(15)7(14)6(22-9)4-21-23(18,19)20;1-12-2-4(9(15)11-10(12)16)8-7(14)6(13)5(21-8)3-20-22(17,18)19;1-12-9(15)4(2-11-10(12)16)8-7(14)6(13)5(21-8)3-20-22(17,18)19;12-5-4(2-19-21(16,17)18)20-7(6(5)13)3-1-10-9(15)11-8(3)14/h3,6-9,14-15H,4H2,1-2H3,(H2,18,19,20);2,5-8,13-14H,3H2,1H3,(H,11,15,16)(H2,17,18,19);2,5-8,13-14H,3H2,1H3,(H,11,16)(H2,17,18,19);1,4-7,12-13H,2H2,(H2,16,17,18)(H2,10,11,14,15)/t6?,7?,8-,9+;2*5?,6?,7-,8+;4?,5?,6-,7+/m1111/s1. The third-order valence-electron chi connectivity index (χ3n) is 13.0. The fourth-order valence-electron chi connectivity index (χ4n) is 8.49. The predicted octanol–water partition coefficient (Wildman–Crippen LogP) is -10.6. The van der Waals surface area contributed by atoms with Crippen molar-refractivity contribution in [1.82, 2.24) is 38.2 Å². The topological polar surface area (TPSA) is 685 Å². The molecule has 8 rings (SSSR count). The highest BCUT2D eigenvalue weighted by atomic mass is 31.2. The van der Waals surface area contributed by atoms with Gasteiger partial charge >= 0.3 is 54.0 Å². The Kier molecular flexibility index (Phi) is 24.5. The maximum absolute atomic E-state index is 12.1. The highest BCUT2D eigenvalue weighted by Gasteiger charge is 2.49. The molecule has 44 nitrogen and oxygen atoms in total. The van der Waals surface area contributed by atoms with Crippen LogP contribution in [0.1, 0.15) is 46.7 Å². The van der Waals surface area contributed by atoms with Gasteiger partial charge in [-0.2, -0.15) is 0 Å². The molecule has 4 fully saturated rings. The molecule has 16 atom stereocenters. The van der Waals surface area contributed by atoms with E-state index < -0.39 is 200 Å². The van der Waals surface area contributed by atoms with Crippen LogP contribution < -0.4 is 45.0 Å². The molecule has 0 spiro atoms. The third-order valence-corrected chi connectivity index (χ3v) is 14.9. The Morgan fingerprint density at radius 3 is 1.10 bits per heavy atom. The molecule has 4 aromatic rings. The zero-order valence-electron chi connectivity index (χ0n) is 45.3. The largest absolute Gasteiger partial charge is 0.469 e. The van der Waals surface area contributed by atoms with Crippen LogP contribution in [0.3, 0.4) is 0 Å². The van der Waals surface area contributed by atoms with Gasteiger partial charge in [-0.05, 0) is 0 Å². The Morgan fingerprint density at radius 2 is 0.727 bits per heavy atom. The minimum atomic E-state index is -4.77. The number of hydrogen-bond acceptors (Lipinski definition) is 28. The maximum atomic E-state index is 12.1. The number of aliphatic hydroxyl groups excluding tert-OH is 8. The second kappa shape index (κ2) is 29.3. The summed E-state index contributed by atoms with van der Waals surface area (Å²) in [5.41, 5.74) is -6.11. The van der Waals surface area contributed by atoms with Crippen molar-refractivity contribution in [2.24, 2.45) is 28.2 Å². The summed E-state index contributed by atoms with van der Waals surface area (Å²) >= 11 is 0. The number of aryl methyl sites for hydroxylation is 2. The Hall–Kier alpha value is -5.32. The van der Waals surface area contributed by atoms with Crippen LogP contribution in [-0.2, 0) is 83.5 Å². The SMILES string of the molecule is Cn1c(=O)[nH]cc([C@@H]2OC(COP(=O)(O)O)C(O)[C@H]2O)c1=O.Cn1cc([C@@H]2OC(COP(=O)(O)O)C(O)[C@H]2O)c(=O)[nH]c1=O.Cn1cc([C@@H]2OC(COP(=O)(O)O)C(O)[C@H]2O)c(=O)n(C)c1=O.O=c1[nH]cc([C@@H]2OC(COP(=O)(O)O)C(O)[C@H]2O)c(=O)[nH]1. The van der Waals surface area contributed by atoms with Crippen molar-refractivity contribution >= 4 is 31.3 Å². The normalized spacial score (nSPS) is 29.0. The molecular weight excluding hydrogens is 1290 g/mol. The summed E-state index contributed by atoms with van der Waals surface area (Å²) in [5.74, 6) is 0.